The van der Waals surface area contributed by atoms with E-state index in [4.69, 9.17) is 4.74 Å². The average Bonchev–Trinajstić information content (AvgIpc) is 2.55. The van der Waals surface area contributed by atoms with Crippen LogP contribution in [-0.4, -0.2) is 24.1 Å². The van der Waals surface area contributed by atoms with Crippen LogP contribution in [0.2, 0.25) is 0 Å². The SMILES string of the molecule is CC.CC(C)C1CCN(C(=O)OCc2ccccc2)CC1. The summed E-state index contributed by atoms with van der Waals surface area (Å²) < 4.78 is 5.35. The lowest BCUT2D eigenvalue weighted by atomic mass is 9.87. The maximum absolute atomic E-state index is 12.0. The second kappa shape index (κ2) is 9.43. The molecule has 1 aliphatic rings. The Kier molecular flexibility index (Phi) is 7.88. The third-order valence-electron chi connectivity index (χ3n) is 3.95. The maximum Gasteiger partial charge on any atom is 0.410 e. The van der Waals surface area contributed by atoms with E-state index in [1.807, 2.05) is 49.1 Å². The largest absolute Gasteiger partial charge is 0.445 e. The van der Waals surface area contributed by atoms with Crippen molar-refractivity contribution < 1.29 is 9.53 Å². The Balaban J connectivity index is 0.00000106. The molecule has 0 radical (unpaired) electrons. The van der Waals surface area contributed by atoms with Crippen LogP contribution < -0.4 is 0 Å². The van der Waals surface area contributed by atoms with Crippen LogP contribution in [0.1, 0.15) is 46.1 Å². The number of benzene rings is 1. The van der Waals surface area contributed by atoms with Crippen molar-refractivity contribution in [3.8, 4) is 0 Å². The number of nitrogens with zero attached hydrogens (tertiary/aromatic N) is 1. The molecule has 1 heterocycles. The predicted octanol–water partition coefficient (Wildman–Crippen LogP) is 4.72. The molecule has 3 heteroatoms. The van der Waals surface area contributed by atoms with Crippen molar-refractivity contribution in [2.75, 3.05) is 13.1 Å². The molecular weight excluding hydrogens is 262 g/mol. The summed E-state index contributed by atoms with van der Waals surface area (Å²) in [6.07, 6.45) is 2.02. The molecule has 0 unspecified atom stereocenters. The van der Waals surface area contributed by atoms with Gasteiger partial charge in [-0.2, -0.15) is 0 Å². The first-order valence-electron chi connectivity index (χ1n) is 8.12. The van der Waals surface area contributed by atoms with Gasteiger partial charge < -0.3 is 9.64 Å². The molecule has 118 valence electrons. The van der Waals surface area contributed by atoms with E-state index >= 15 is 0 Å². The molecule has 2 rings (SSSR count). The summed E-state index contributed by atoms with van der Waals surface area (Å²) in [4.78, 5) is 13.8. The summed E-state index contributed by atoms with van der Waals surface area (Å²) >= 11 is 0. The highest BCUT2D eigenvalue weighted by molar-refractivity contribution is 5.67. The Morgan fingerprint density at radius 1 is 1.19 bits per heavy atom. The zero-order valence-corrected chi connectivity index (χ0v) is 13.8. The summed E-state index contributed by atoms with van der Waals surface area (Å²) in [6, 6.07) is 9.81. The number of ether oxygens (including phenoxy) is 1. The highest BCUT2D eigenvalue weighted by atomic mass is 16.6. The Morgan fingerprint density at radius 3 is 2.29 bits per heavy atom. The minimum atomic E-state index is -0.175. The van der Waals surface area contributed by atoms with E-state index in [-0.39, 0.29) is 6.09 Å². The minimum Gasteiger partial charge on any atom is -0.445 e. The van der Waals surface area contributed by atoms with E-state index in [0.717, 1.165) is 37.4 Å². The molecule has 0 atom stereocenters. The topological polar surface area (TPSA) is 29.5 Å². The third-order valence-corrected chi connectivity index (χ3v) is 3.95. The van der Waals surface area contributed by atoms with Gasteiger partial charge in [-0.05, 0) is 30.2 Å². The number of rotatable bonds is 3. The second-order valence-corrected chi connectivity index (χ2v) is 5.61. The third kappa shape index (κ3) is 5.78. The first-order chi connectivity index (χ1) is 10.2. The first-order valence-corrected chi connectivity index (χ1v) is 8.12. The Bertz CT molecular complexity index is 395. The van der Waals surface area contributed by atoms with Gasteiger partial charge in [0, 0.05) is 13.1 Å². The van der Waals surface area contributed by atoms with Crippen LogP contribution in [0.5, 0.6) is 0 Å². The van der Waals surface area contributed by atoms with Gasteiger partial charge in [-0.3, -0.25) is 0 Å². The van der Waals surface area contributed by atoms with E-state index in [1.54, 1.807) is 0 Å². The molecule has 0 aromatic heterocycles. The van der Waals surface area contributed by atoms with Gasteiger partial charge in [0.2, 0.25) is 0 Å². The van der Waals surface area contributed by atoms with Crippen molar-refractivity contribution in [3.05, 3.63) is 35.9 Å². The van der Waals surface area contributed by atoms with Gasteiger partial charge in [-0.15, -0.1) is 0 Å². The highest BCUT2D eigenvalue weighted by Crippen LogP contribution is 2.24. The maximum atomic E-state index is 12.0. The minimum absolute atomic E-state index is 0.175. The molecule has 0 bridgehead atoms. The standard InChI is InChI=1S/C16H23NO2.C2H6/c1-13(2)15-8-10-17(11-9-15)16(18)19-12-14-6-4-3-5-7-14;1-2/h3-7,13,15H,8-12H2,1-2H3;1-2H3. The van der Waals surface area contributed by atoms with Gasteiger partial charge in [-0.1, -0.05) is 58.0 Å². The number of hydrogen-bond acceptors (Lipinski definition) is 2. The number of hydrogen-bond donors (Lipinski definition) is 0. The van der Waals surface area contributed by atoms with Gasteiger partial charge in [0.15, 0.2) is 0 Å². The number of amides is 1. The zero-order chi connectivity index (χ0) is 15.7. The summed E-state index contributed by atoms with van der Waals surface area (Å²) in [5.41, 5.74) is 1.04. The van der Waals surface area contributed by atoms with E-state index < -0.39 is 0 Å². The molecule has 1 amide bonds. The summed E-state index contributed by atoms with van der Waals surface area (Å²) in [7, 11) is 0. The summed E-state index contributed by atoms with van der Waals surface area (Å²) in [6.45, 7) is 10.5. The molecule has 1 aromatic carbocycles. The van der Waals surface area contributed by atoms with E-state index in [1.165, 1.54) is 0 Å². The number of carbonyl (C=O) groups excluding carboxylic acids is 1. The van der Waals surface area contributed by atoms with E-state index in [2.05, 4.69) is 13.8 Å². The van der Waals surface area contributed by atoms with Gasteiger partial charge in [0.1, 0.15) is 6.61 Å². The van der Waals surface area contributed by atoms with Gasteiger partial charge in [0.25, 0.3) is 0 Å². The quantitative estimate of drug-likeness (QED) is 0.806. The van der Waals surface area contributed by atoms with Gasteiger partial charge in [-0.25, -0.2) is 4.79 Å². The summed E-state index contributed by atoms with van der Waals surface area (Å²) in [5, 5.41) is 0. The van der Waals surface area contributed by atoms with Crippen LogP contribution >= 0.6 is 0 Å². The van der Waals surface area contributed by atoms with Crippen molar-refractivity contribution in [1.29, 1.82) is 0 Å². The van der Waals surface area contributed by atoms with Crippen LogP contribution in [0.15, 0.2) is 30.3 Å². The lowest BCUT2D eigenvalue weighted by molar-refractivity contribution is 0.0776. The number of piperidine rings is 1. The van der Waals surface area contributed by atoms with Crippen molar-refractivity contribution >= 4 is 6.09 Å². The lowest BCUT2D eigenvalue weighted by Crippen LogP contribution is -2.39. The monoisotopic (exact) mass is 291 g/mol. The summed E-state index contributed by atoms with van der Waals surface area (Å²) in [5.74, 6) is 1.46. The average molecular weight is 291 g/mol. The molecule has 1 fully saturated rings. The van der Waals surface area contributed by atoms with Crippen LogP contribution in [0.3, 0.4) is 0 Å². The first kappa shape index (κ1) is 17.5. The molecule has 0 saturated carbocycles. The zero-order valence-electron chi connectivity index (χ0n) is 13.8. The molecular formula is C18H29NO2. The molecule has 1 saturated heterocycles. The van der Waals surface area contributed by atoms with Crippen molar-refractivity contribution in [2.45, 2.75) is 47.1 Å². The van der Waals surface area contributed by atoms with Crippen LogP contribution in [0.25, 0.3) is 0 Å². The van der Waals surface area contributed by atoms with Crippen LogP contribution in [0, 0.1) is 11.8 Å². The molecule has 3 nitrogen and oxygen atoms in total. The van der Waals surface area contributed by atoms with Crippen molar-refractivity contribution in [2.24, 2.45) is 11.8 Å². The number of likely N-dealkylation sites (tertiary alicyclic amines) is 1. The fourth-order valence-electron chi connectivity index (χ4n) is 2.56. The van der Waals surface area contributed by atoms with Crippen LogP contribution in [0.4, 0.5) is 4.79 Å². The van der Waals surface area contributed by atoms with E-state index in [0.29, 0.717) is 12.5 Å². The molecule has 0 spiro atoms. The molecule has 21 heavy (non-hydrogen) atoms. The van der Waals surface area contributed by atoms with Gasteiger partial charge in [0.05, 0.1) is 0 Å². The van der Waals surface area contributed by atoms with Crippen LogP contribution in [-0.2, 0) is 11.3 Å². The Morgan fingerprint density at radius 2 is 1.76 bits per heavy atom. The highest BCUT2D eigenvalue weighted by Gasteiger charge is 2.25. The van der Waals surface area contributed by atoms with E-state index in [9.17, 15) is 4.79 Å². The van der Waals surface area contributed by atoms with Crippen molar-refractivity contribution in [3.63, 3.8) is 0 Å². The Hall–Kier alpha value is -1.51. The normalized spacial score (nSPS) is 15.4. The molecule has 0 N–H and O–H groups in total. The van der Waals surface area contributed by atoms with Gasteiger partial charge >= 0.3 is 6.09 Å². The molecule has 1 aliphatic heterocycles. The second-order valence-electron chi connectivity index (χ2n) is 5.61. The number of carbonyl (C=O) groups is 1. The fraction of sp³-hybridized carbons (Fsp3) is 0.611. The molecule has 1 aromatic rings. The predicted molar refractivity (Wildman–Crippen MR) is 87.1 cm³/mol. The fourth-order valence-corrected chi connectivity index (χ4v) is 2.56. The Labute approximate surface area is 129 Å². The smallest absolute Gasteiger partial charge is 0.410 e. The molecule has 0 aliphatic carbocycles. The lowest BCUT2D eigenvalue weighted by Gasteiger charge is -2.33. The van der Waals surface area contributed by atoms with Crippen molar-refractivity contribution in [1.82, 2.24) is 4.90 Å².